The number of carboxylic acids is 3. The van der Waals surface area contributed by atoms with Crippen molar-refractivity contribution in [2.45, 2.75) is 0 Å². The van der Waals surface area contributed by atoms with E-state index in [-0.39, 0.29) is 46.2 Å². The summed E-state index contributed by atoms with van der Waals surface area (Å²) in [6.07, 6.45) is 0. The van der Waals surface area contributed by atoms with Gasteiger partial charge in [-0.3, -0.25) is 0 Å². The molecule has 0 amide bonds. The van der Waals surface area contributed by atoms with Crippen LogP contribution in [0.25, 0.3) is 33.4 Å². The molecule has 4 rings (SSSR count). The normalized spacial score (nSPS) is 10.2. The van der Waals surface area contributed by atoms with Gasteiger partial charge in [-0.05, 0) is 88.0 Å². The summed E-state index contributed by atoms with van der Waals surface area (Å²) in [5.41, 5.74) is 5.50. The summed E-state index contributed by atoms with van der Waals surface area (Å²) in [7, 11) is 0. The number of aromatic carboxylic acids is 3. The van der Waals surface area contributed by atoms with Gasteiger partial charge in [0.2, 0.25) is 0 Å². The van der Waals surface area contributed by atoms with Crippen molar-refractivity contribution in [2.24, 2.45) is 0 Å². The molecule has 0 radical (unpaired) electrons. The molecule has 3 N–H and O–H groups in total. The van der Waals surface area contributed by atoms with Gasteiger partial charge < -0.3 is 15.3 Å². The second-order valence-corrected chi connectivity index (χ2v) is 7.45. The average Bonchev–Trinajstić information content (AvgIpc) is 2.84. The third-order valence-electron chi connectivity index (χ3n) is 5.33. The molecule has 34 heavy (non-hydrogen) atoms. The summed E-state index contributed by atoms with van der Waals surface area (Å²) in [4.78, 5) is 33.6. The number of hydrogen-bond acceptors (Lipinski definition) is 3. The summed E-state index contributed by atoms with van der Waals surface area (Å²) in [6.45, 7) is 0. The van der Waals surface area contributed by atoms with Crippen LogP contribution >= 0.6 is 0 Å². The van der Waals surface area contributed by atoms with Crippen molar-refractivity contribution in [1.82, 2.24) is 0 Å². The molecule has 0 aliphatic rings. The molecule has 0 spiro atoms. The topological polar surface area (TPSA) is 112 Å². The van der Waals surface area contributed by atoms with E-state index in [1.807, 2.05) is 18.2 Å². The number of rotatable bonds is 6. The Labute approximate surface area is 217 Å². The van der Waals surface area contributed by atoms with E-state index in [4.69, 9.17) is 0 Å². The molecule has 0 heterocycles. The minimum absolute atomic E-state index is 0. The van der Waals surface area contributed by atoms with E-state index in [9.17, 15) is 29.7 Å². The molecule has 7 heteroatoms. The first-order valence-electron chi connectivity index (χ1n) is 9.98. The van der Waals surface area contributed by atoms with Gasteiger partial charge >= 0.3 is 47.5 Å². The Bertz CT molecular complexity index is 1180. The van der Waals surface area contributed by atoms with Crippen LogP contribution < -0.4 is 0 Å². The van der Waals surface area contributed by atoms with Gasteiger partial charge in [0.15, 0.2) is 0 Å². The fourth-order valence-corrected chi connectivity index (χ4v) is 3.54. The number of carboxylic acid groups (broad SMARTS) is 3. The van der Waals surface area contributed by atoms with Gasteiger partial charge in [0, 0.05) is 0 Å². The van der Waals surface area contributed by atoms with Crippen LogP contribution in [0.3, 0.4) is 0 Å². The van der Waals surface area contributed by atoms with Crippen LogP contribution in [0, 0.1) is 0 Å². The molecule has 0 aromatic heterocycles. The zero-order valence-corrected chi connectivity index (χ0v) is 17.2. The van der Waals surface area contributed by atoms with Crippen LogP contribution in [-0.4, -0.2) is 62.8 Å². The monoisotopic (exact) mass is 462 g/mol. The fraction of sp³-hybridized carbons (Fsp3) is 0. The Kier molecular flexibility index (Phi) is 7.68. The van der Waals surface area contributed by atoms with Gasteiger partial charge in [-0.15, -0.1) is 0 Å². The zero-order chi connectivity index (χ0) is 23.5. The first-order valence-corrected chi connectivity index (χ1v) is 9.98. The number of carbonyl (C=O) groups is 3. The van der Waals surface area contributed by atoms with Crippen molar-refractivity contribution >= 4 is 47.5 Å². The molecule has 6 nitrogen and oxygen atoms in total. The molecule has 0 aliphatic heterocycles. The zero-order valence-electron chi connectivity index (χ0n) is 17.2. The quantitative estimate of drug-likeness (QED) is 0.343. The van der Waals surface area contributed by atoms with E-state index < -0.39 is 17.9 Å². The Balaban J connectivity index is 0.00000324. The van der Waals surface area contributed by atoms with Crippen LogP contribution in [0.5, 0.6) is 0 Å². The maximum atomic E-state index is 11.2. The molecule has 164 valence electrons. The van der Waals surface area contributed by atoms with Crippen molar-refractivity contribution < 1.29 is 29.7 Å². The van der Waals surface area contributed by atoms with E-state index in [0.29, 0.717) is 0 Å². The Morgan fingerprint density at radius 2 is 0.588 bits per heavy atom. The third-order valence-corrected chi connectivity index (χ3v) is 5.33. The van der Waals surface area contributed by atoms with Crippen molar-refractivity contribution in [3.63, 3.8) is 0 Å². The van der Waals surface area contributed by atoms with Gasteiger partial charge in [0.05, 0.1) is 16.7 Å². The van der Waals surface area contributed by atoms with Crippen LogP contribution in [-0.2, 0) is 0 Å². The molecule has 4 aromatic rings. The maximum absolute atomic E-state index is 11.2. The molecule has 0 aliphatic carbocycles. The Hall–Kier alpha value is -3.71. The average molecular weight is 462 g/mol. The number of hydrogen-bond donors (Lipinski definition) is 3. The van der Waals surface area contributed by atoms with E-state index in [1.165, 1.54) is 36.4 Å². The molecule has 4 aromatic carbocycles. The molecule has 0 atom stereocenters. The molecule has 0 saturated carbocycles. The van der Waals surface area contributed by atoms with Crippen LogP contribution in [0.1, 0.15) is 31.1 Å². The van der Waals surface area contributed by atoms with Gasteiger partial charge in [0.25, 0.3) is 0 Å². The third kappa shape index (κ3) is 5.43. The number of benzene rings is 4. The standard InChI is InChI=1S/C27H18O6.Na.H/c28-25(29)19-7-1-16(2-8-19)22-13-23(17-3-9-20(10-4-17)26(30)31)15-24(14-22)18-5-11-21(12-6-18)27(32)33;;/h1-15H,(H,28,29)(H,30,31)(H,32,33);;. The molecular weight excluding hydrogens is 443 g/mol. The van der Waals surface area contributed by atoms with Crippen LogP contribution in [0.2, 0.25) is 0 Å². The summed E-state index contributed by atoms with van der Waals surface area (Å²) in [5.74, 6) is -3.02. The van der Waals surface area contributed by atoms with E-state index >= 15 is 0 Å². The molecule has 0 saturated heterocycles. The second-order valence-electron chi connectivity index (χ2n) is 7.45. The van der Waals surface area contributed by atoms with Gasteiger partial charge in [-0.2, -0.15) is 0 Å². The van der Waals surface area contributed by atoms with Crippen molar-refractivity contribution in [1.29, 1.82) is 0 Å². The summed E-state index contributed by atoms with van der Waals surface area (Å²) >= 11 is 0. The first kappa shape index (κ1) is 24.9. The van der Waals surface area contributed by atoms with E-state index in [1.54, 1.807) is 36.4 Å². The predicted molar refractivity (Wildman–Crippen MR) is 131 cm³/mol. The summed E-state index contributed by atoms with van der Waals surface area (Å²) in [6, 6.07) is 25.4. The molecule has 0 unspecified atom stereocenters. The minimum atomic E-state index is -1.01. The van der Waals surface area contributed by atoms with Crippen LogP contribution in [0.15, 0.2) is 91.0 Å². The molecule has 0 fully saturated rings. The Morgan fingerprint density at radius 1 is 0.382 bits per heavy atom. The van der Waals surface area contributed by atoms with Gasteiger partial charge in [0.1, 0.15) is 0 Å². The van der Waals surface area contributed by atoms with Gasteiger partial charge in [-0.25, -0.2) is 14.4 Å². The molecule has 0 bridgehead atoms. The van der Waals surface area contributed by atoms with Crippen molar-refractivity contribution in [2.75, 3.05) is 0 Å². The predicted octanol–water partition coefficient (Wildman–Crippen LogP) is 5.13. The van der Waals surface area contributed by atoms with Gasteiger partial charge in [-0.1, -0.05) is 36.4 Å². The SMILES string of the molecule is O=C(O)c1ccc(-c2cc(-c3ccc(C(=O)O)cc3)cc(-c3ccc(C(=O)O)cc3)c2)cc1.[NaH]. The van der Waals surface area contributed by atoms with E-state index in [0.717, 1.165) is 33.4 Å². The first-order chi connectivity index (χ1) is 15.8. The van der Waals surface area contributed by atoms with Crippen LogP contribution in [0.4, 0.5) is 0 Å². The van der Waals surface area contributed by atoms with Crippen molar-refractivity contribution in [3.8, 4) is 33.4 Å². The second kappa shape index (κ2) is 10.5. The Morgan fingerprint density at radius 3 is 0.765 bits per heavy atom. The van der Waals surface area contributed by atoms with E-state index in [2.05, 4.69) is 0 Å². The fourth-order valence-electron chi connectivity index (χ4n) is 3.54. The molecular formula is C27H19NaO6. The summed E-state index contributed by atoms with van der Waals surface area (Å²) < 4.78 is 0. The van der Waals surface area contributed by atoms with Crippen molar-refractivity contribution in [3.05, 3.63) is 108 Å². The summed E-state index contributed by atoms with van der Waals surface area (Å²) in [5, 5.41) is 27.5.